The van der Waals surface area contributed by atoms with Crippen LogP contribution in [0, 0.1) is 0 Å². The van der Waals surface area contributed by atoms with Gasteiger partial charge in [-0.2, -0.15) is 0 Å². The SMILES string of the molecule is c1ccc(-c2ccc(N(c3ccc(-c4cccc(-c5ccco5)c4)cc3)c3ccc4c(c3)C3(c5ccccc5-c5ccccc5-4)c4ccccc4-c4c3ccc3c4oc4ccccc43)cc2)cc1. The molecular formula is C65H41NO2. The first-order valence-electron chi connectivity index (χ1n) is 23.3. The Morgan fingerprint density at radius 3 is 1.63 bits per heavy atom. The summed E-state index contributed by atoms with van der Waals surface area (Å²) in [6, 6.07) is 88.4. The molecule has 0 radical (unpaired) electrons. The average Bonchev–Trinajstić information content (AvgIpc) is 4.15. The minimum atomic E-state index is -0.703. The first-order valence-corrected chi connectivity index (χ1v) is 23.3. The summed E-state index contributed by atoms with van der Waals surface area (Å²) in [7, 11) is 0. The average molecular weight is 868 g/mol. The predicted molar refractivity (Wildman–Crippen MR) is 279 cm³/mol. The van der Waals surface area contributed by atoms with Crippen molar-refractivity contribution in [3.05, 3.63) is 271 Å². The molecule has 0 saturated carbocycles. The summed E-state index contributed by atoms with van der Waals surface area (Å²) in [4.78, 5) is 2.42. The molecule has 0 aliphatic heterocycles. The van der Waals surface area contributed by atoms with Crippen molar-refractivity contribution in [3.8, 4) is 67.0 Å². The largest absolute Gasteiger partial charge is 0.464 e. The fraction of sp³-hybridized carbons (Fsp3) is 0.0154. The summed E-state index contributed by atoms with van der Waals surface area (Å²) < 4.78 is 12.7. The van der Waals surface area contributed by atoms with Crippen LogP contribution in [0.1, 0.15) is 22.3 Å². The molecule has 2 aromatic heterocycles. The summed E-state index contributed by atoms with van der Waals surface area (Å²) >= 11 is 0. The summed E-state index contributed by atoms with van der Waals surface area (Å²) in [5, 5.41) is 2.26. The van der Waals surface area contributed by atoms with E-state index in [2.05, 4.69) is 235 Å². The van der Waals surface area contributed by atoms with Crippen molar-refractivity contribution >= 4 is 39.0 Å². The van der Waals surface area contributed by atoms with Crippen LogP contribution in [0.15, 0.2) is 258 Å². The van der Waals surface area contributed by atoms with Gasteiger partial charge >= 0.3 is 0 Å². The summed E-state index contributed by atoms with van der Waals surface area (Å²) in [5.74, 6) is 0.856. The Morgan fingerprint density at radius 2 is 0.897 bits per heavy atom. The zero-order valence-corrected chi connectivity index (χ0v) is 36.9. The Hall–Kier alpha value is -8.92. The van der Waals surface area contributed by atoms with Crippen LogP contribution in [0.3, 0.4) is 0 Å². The minimum Gasteiger partial charge on any atom is -0.464 e. The number of para-hydroxylation sites is 1. The molecule has 318 valence electrons. The van der Waals surface area contributed by atoms with E-state index in [-0.39, 0.29) is 0 Å². The van der Waals surface area contributed by atoms with Crippen LogP contribution < -0.4 is 4.90 Å². The predicted octanol–water partition coefficient (Wildman–Crippen LogP) is 17.7. The highest BCUT2D eigenvalue weighted by Crippen LogP contribution is 2.63. The van der Waals surface area contributed by atoms with Crippen LogP contribution in [0.4, 0.5) is 17.1 Å². The van der Waals surface area contributed by atoms with Crippen molar-refractivity contribution in [1.82, 2.24) is 0 Å². The van der Waals surface area contributed by atoms with Gasteiger partial charge in [0.05, 0.1) is 11.7 Å². The fourth-order valence-corrected chi connectivity index (χ4v) is 11.5. The Kier molecular flexibility index (Phi) is 8.50. The van der Waals surface area contributed by atoms with Crippen LogP contribution in [0.5, 0.6) is 0 Å². The van der Waals surface area contributed by atoms with Gasteiger partial charge in [-0.3, -0.25) is 0 Å². The lowest BCUT2D eigenvalue weighted by molar-refractivity contribution is 0.582. The first kappa shape index (κ1) is 38.4. The van der Waals surface area contributed by atoms with Crippen molar-refractivity contribution in [2.24, 2.45) is 0 Å². The number of hydrogen-bond donors (Lipinski definition) is 0. The number of fused-ring (bicyclic) bond motifs is 16. The van der Waals surface area contributed by atoms with Crippen molar-refractivity contribution in [3.63, 3.8) is 0 Å². The summed E-state index contributed by atoms with van der Waals surface area (Å²) in [6.07, 6.45) is 1.73. The maximum atomic E-state index is 6.93. The topological polar surface area (TPSA) is 29.5 Å². The van der Waals surface area contributed by atoms with Crippen LogP contribution in [-0.2, 0) is 5.41 Å². The highest BCUT2D eigenvalue weighted by Gasteiger charge is 2.51. The van der Waals surface area contributed by atoms with Crippen molar-refractivity contribution < 1.29 is 8.83 Å². The number of benzene rings is 10. The van der Waals surface area contributed by atoms with E-state index in [1.165, 1.54) is 61.2 Å². The minimum absolute atomic E-state index is 0.703. The van der Waals surface area contributed by atoms with Crippen molar-refractivity contribution in [2.75, 3.05) is 4.90 Å². The molecule has 1 spiro atoms. The van der Waals surface area contributed by atoms with E-state index >= 15 is 0 Å². The van der Waals surface area contributed by atoms with Gasteiger partial charge in [0.25, 0.3) is 0 Å². The van der Waals surface area contributed by atoms with Crippen LogP contribution >= 0.6 is 0 Å². The molecule has 1 unspecified atom stereocenters. The number of rotatable bonds is 6. The molecule has 2 heterocycles. The second-order valence-electron chi connectivity index (χ2n) is 17.9. The second-order valence-corrected chi connectivity index (χ2v) is 17.9. The third kappa shape index (κ3) is 5.66. The fourth-order valence-electron chi connectivity index (χ4n) is 11.5. The van der Waals surface area contributed by atoms with Gasteiger partial charge in [-0.15, -0.1) is 0 Å². The molecule has 0 N–H and O–H groups in total. The van der Waals surface area contributed by atoms with Crippen LogP contribution in [0.2, 0.25) is 0 Å². The molecule has 2 aliphatic rings. The van der Waals surface area contributed by atoms with Crippen molar-refractivity contribution in [2.45, 2.75) is 5.41 Å². The third-order valence-corrected chi connectivity index (χ3v) is 14.4. The summed E-state index contributed by atoms with van der Waals surface area (Å²) in [5.41, 5.74) is 22.2. The van der Waals surface area contributed by atoms with E-state index in [1.54, 1.807) is 6.26 Å². The van der Waals surface area contributed by atoms with E-state index in [0.717, 1.165) is 67.0 Å². The highest BCUT2D eigenvalue weighted by atomic mass is 16.3. The smallest absolute Gasteiger partial charge is 0.143 e. The molecular weight excluding hydrogens is 827 g/mol. The molecule has 0 fully saturated rings. The Morgan fingerprint density at radius 1 is 0.324 bits per heavy atom. The van der Waals surface area contributed by atoms with Crippen LogP contribution in [0.25, 0.3) is 88.9 Å². The van der Waals surface area contributed by atoms with Gasteiger partial charge in [0, 0.05) is 39.0 Å². The van der Waals surface area contributed by atoms with E-state index in [4.69, 9.17) is 8.83 Å². The molecule has 1 atom stereocenters. The monoisotopic (exact) mass is 867 g/mol. The number of anilines is 3. The van der Waals surface area contributed by atoms with Gasteiger partial charge < -0.3 is 13.7 Å². The normalized spacial score (nSPS) is 14.2. The maximum absolute atomic E-state index is 6.93. The Balaban J connectivity index is 1.03. The lowest BCUT2D eigenvalue weighted by atomic mass is 9.65. The quantitative estimate of drug-likeness (QED) is 0.167. The van der Waals surface area contributed by atoms with E-state index in [9.17, 15) is 0 Å². The number of furan rings is 2. The maximum Gasteiger partial charge on any atom is 0.143 e. The number of nitrogens with zero attached hydrogens (tertiary/aromatic N) is 1. The first-order chi connectivity index (χ1) is 33.7. The van der Waals surface area contributed by atoms with Gasteiger partial charge in [0.1, 0.15) is 16.9 Å². The van der Waals surface area contributed by atoms with E-state index in [1.807, 2.05) is 12.1 Å². The van der Waals surface area contributed by atoms with Gasteiger partial charge in [-0.1, -0.05) is 182 Å². The second kappa shape index (κ2) is 15.1. The molecule has 0 amide bonds. The Labute approximate surface area is 394 Å². The zero-order valence-electron chi connectivity index (χ0n) is 36.9. The lowest BCUT2D eigenvalue weighted by Gasteiger charge is -2.36. The lowest BCUT2D eigenvalue weighted by Crippen LogP contribution is -2.29. The number of hydrogen-bond acceptors (Lipinski definition) is 3. The molecule has 68 heavy (non-hydrogen) atoms. The third-order valence-electron chi connectivity index (χ3n) is 14.4. The molecule has 0 saturated heterocycles. The Bertz CT molecular complexity index is 3900. The standard InChI is InChI=1S/C65H41NO2/c1-2-14-42(15-3-1)43-27-31-47(32-28-43)66(48-33-29-44(30-34-48)45-16-12-17-46(40-45)61-26-13-39-67-61)49-35-36-53-51-19-5-4-18-50(51)52-20-6-9-23-57(52)65(60(53)41-49)58-24-10-7-22-56(58)63-59(65)38-37-55-54-21-8-11-25-62(54)68-64(55)63/h1-41H. The molecule has 14 rings (SSSR count). The molecule has 3 heteroatoms. The van der Waals surface area contributed by atoms with Gasteiger partial charge in [-0.05, 0) is 133 Å². The molecule has 10 aromatic carbocycles. The van der Waals surface area contributed by atoms with Crippen LogP contribution in [-0.4, -0.2) is 0 Å². The summed E-state index contributed by atoms with van der Waals surface area (Å²) in [6.45, 7) is 0. The van der Waals surface area contributed by atoms with Gasteiger partial charge in [-0.25, -0.2) is 0 Å². The molecule has 12 aromatic rings. The van der Waals surface area contributed by atoms with Crippen molar-refractivity contribution in [1.29, 1.82) is 0 Å². The van der Waals surface area contributed by atoms with Gasteiger partial charge in [0.2, 0.25) is 0 Å². The molecule has 3 nitrogen and oxygen atoms in total. The van der Waals surface area contributed by atoms with Gasteiger partial charge in [0.15, 0.2) is 0 Å². The highest BCUT2D eigenvalue weighted by molar-refractivity contribution is 6.13. The molecule has 2 aliphatic carbocycles. The van der Waals surface area contributed by atoms with E-state index < -0.39 is 5.41 Å². The van der Waals surface area contributed by atoms with E-state index in [0.29, 0.717) is 0 Å². The molecule has 0 bridgehead atoms. The zero-order chi connectivity index (χ0) is 44.8.